The first kappa shape index (κ1) is 11.6. The summed E-state index contributed by atoms with van der Waals surface area (Å²) in [6.07, 6.45) is 0.916. The van der Waals surface area contributed by atoms with E-state index in [0.717, 1.165) is 13.0 Å². The molecule has 0 bridgehead atoms. The van der Waals surface area contributed by atoms with Gasteiger partial charge in [0.15, 0.2) is 0 Å². The van der Waals surface area contributed by atoms with Crippen LogP contribution in [-0.4, -0.2) is 6.54 Å². The predicted molar refractivity (Wildman–Crippen MR) is 67.6 cm³/mol. The van der Waals surface area contributed by atoms with E-state index < -0.39 is 5.82 Å². The summed E-state index contributed by atoms with van der Waals surface area (Å²) < 4.78 is 13.3. The topological polar surface area (TPSA) is 35.8 Å². The molecule has 1 N–H and O–H groups in total. The Morgan fingerprint density at radius 2 is 2.24 bits per heavy atom. The van der Waals surface area contributed by atoms with Crippen molar-refractivity contribution >= 4 is 17.0 Å². The molecule has 1 aromatic heterocycles. The number of halogens is 1. The van der Waals surface area contributed by atoms with Gasteiger partial charge >= 0.3 is 0 Å². The maximum absolute atomic E-state index is 13.3. The van der Waals surface area contributed by atoms with Gasteiger partial charge in [-0.1, -0.05) is 6.07 Å². The molecular formula is C13H11FN2S. The molecule has 0 radical (unpaired) electrons. The van der Waals surface area contributed by atoms with Gasteiger partial charge in [-0.2, -0.15) is 5.26 Å². The molecule has 2 aromatic rings. The van der Waals surface area contributed by atoms with E-state index in [9.17, 15) is 4.39 Å². The van der Waals surface area contributed by atoms with Gasteiger partial charge in [0.1, 0.15) is 11.9 Å². The second-order valence-electron chi connectivity index (χ2n) is 3.56. The van der Waals surface area contributed by atoms with Crippen molar-refractivity contribution in [3.8, 4) is 6.07 Å². The zero-order valence-electron chi connectivity index (χ0n) is 9.11. The number of anilines is 1. The number of nitrogens with zero attached hydrogens (tertiary/aromatic N) is 1. The Labute approximate surface area is 103 Å². The molecule has 0 amide bonds. The van der Waals surface area contributed by atoms with Crippen molar-refractivity contribution in [2.75, 3.05) is 11.9 Å². The molecular weight excluding hydrogens is 235 g/mol. The van der Waals surface area contributed by atoms with E-state index in [4.69, 9.17) is 5.26 Å². The van der Waals surface area contributed by atoms with Crippen LogP contribution in [0.2, 0.25) is 0 Å². The van der Waals surface area contributed by atoms with Crippen molar-refractivity contribution in [1.82, 2.24) is 0 Å². The van der Waals surface area contributed by atoms with E-state index in [1.54, 1.807) is 23.5 Å². The van der Waals surface area contributed by atoms with E-state index in [1.165, 1.54) is 17.0 Å². The quantitative estimate of drug-likeness (QED) is 0.897. The molecule has 0 atom stereocenters. The summed E-state index contributed by atoms with van der Waals surface area (Å²) in [6.45, 7) is 0.756. The highest BCUT2D eigenvalue weighted by molar-refractivity contribution is 7.09. The Balaban J connectivity index is 1.91. The minimum absolute atomic E-state index is 0.0776. The third-order valence-electron chi connectivity index (χ3n) is 2.37. The summed E-state index contributed by atoms with van der Waals surface area (Å²) in [7, 11) is 0. The van der Waals surface area contributed by atoms with E-state index in [1.807, 2.05) is 11.4 Å². The first-order chi connectivity index (χ1) is 8.29. The van der Waals surface area contributed by atoms with Gasteiger partial charge in [0.05, 0.1) is 5.56 Å². The van der Waals surface area contributed by atoms with E-state index in [-0.39, 0.29) is 5.56 Å². The van der Waals surface area contributed by atoms with Crippen LogP contribution in [0.3, 0.4) is 0 Å². The highest BCUT2D eigenvalue weighted by Crippen LogP contribution is 2.14. The molecule has 1 heterocycles. The number of hydrogen-bond donors (Lipinski definition) is 1. The van der Waals surface area contributed by atoms with Gasteiger partial charge in [-0.3, -0.25) is 0 Å². The maximum atomic E-state index is 13.3. The molecule has 86 valence electrons. The lowest BCUT2D eigenvalue weighted by molar-refractivity contribution is 0.624. The molecule has 1 aromatic carbocycles. The summed E-state index contributed by atoms with van der Waals surface area (Å²) in [6, 6.07) is 10.5. The Kier molecular flexibility index (Phi) is 3.73. The fraction of sp³-hybridized carbons (Fsp3) is 0.154. The second-order valence-corrected chi connectivity index (χ2v) is 4.59. The number of nitriles is 1. The van der Waals surface area contributed by atoms with E-state index in [0.29, 0.717) is 5.69 Å². The molecule has 0 fully saturated rings. The molecule has 0 saturated carbocycles. The average Bonchev–Trinajstić information content (AvgIpc) is 2.82. The number of thiophene rings is 1. The minimum atomic E-state index is -0.478. The van der Waals surface area contributed by atoms with Crippen molar-refractivity contribution in [3.05, 3.63) is 52.0 Å². The fourth-order valence-electron chi connectivity index (χ4n) is 1.50. The van der Waals surface area contributed by atoms with Crippen molar-refractivity contribution in [2.24, 2.45) is 0 Å². The van der Waals surface area contributed by atoms with Gasteiger partial charge in [-0.15, -0.1) is 11.3 Å². The molecule has 0 aliphatic carbocycles. The summed E-state index contributed by atoms with van der Waals surface area (Å²) in [5.74, 6) is -0.478. The van der Waals surface area contributed by atoms with Crippen LogP contribution in [-0.2, 0) is 6.42 Å². The van der Waals surface area contributed by atoms with Gasteiger partial charge in [-0.05, 0) is 36.1 Å². The smallest absolute Gasteiger partial charge is 0.143 e. The lowest BCUT2D eigenvalue weighted by Gasteiger charge is -2.05. The van der Waals surface area contributed by atoms with Crippen LogP contribution in [0.1, 0.15) is 10.4 Å². The van der Waals surface area contributed by atoms with Gasteiger partial charge in [0.2, 0.25) is 0 Å². The van der Waals surface area contributed by atoms with Crippen LogP contribution in [0.25, 0.3) is 0 Å². The molecule has 0 unspecified atom stereocenters. The highest BCUT2D eigenvalue weighted by Gasteiger charge is 2.02. The average molecular weight is 246 g/mol. The van der Waals surface area contributed by atoms with E-state index >= 15 is 0 Å². The van der Waals surface area contributed by atoms with Crippen LogP contribution in [0.5, 0.6) is 0 Å². The van der Waals surface area contributed by atoms with Crippen LogP contribution in [0, 0.1) is 17.1 Å². The number of rotatable bonds is 4. The van der Waals surface area contributed by atoms with Crippen molar-refractivity contribution < 1.29 is 4.39 Å². The van der Waals surface area contributed by atoms with E-state index in [2.05, 4.69) is 11.4 Å². The van der Waals surface area contributed by atoms with Crippen molar-refractivity contribution in [1.29, 1.82) is 5.26 Å². The zero-order valence-corrected chi connectivity index (χ0v) is 9.93. The molecule has 0 aliphatic rings. The van der Waals surface area contributed by atoms with Crippen LogP contribution < -0.4 is 5.32 Å². The second kappa shape index (κ2) is 5.46. The summed E-state index contributed by atoms with van der Waals surface area (Å²) >= 11 is 1.71. The van der Waals surface area contributed by atoms with Crippen LogP contribution >= 0.6 is 11.3 Å². The third kappa shape index (κ3) is 3.05. The number of nitrogens with one attached hydrogen (secondary N) is 1. The first-order valence-corrected chi connectivity index (χ1v) is 6.13. The van der Waals surface area contributed by atoms with Crippen molar-refractivity contribution in [2.45, 2.75) is 6.42 Å². The Hall–Kier alpha value is -1.86. The lowest BCUT2D eigenvalue weighted by atomic mass is 10.2. The zero-order chi connectivity index (χ0) is 12.1. The van der Waals surface area contributed by atoms with Crippen LogP contribution in [0.15, 0.2) is 35.7 Å². The number of benzene rings is 1. The summed E-state index contributed by atoms with van der Waals surface area (Å²) in [5.41, 5.74) is 0.784. The SMILES string of the molecule is N#Cc1ccc(NCCc2cccs2)cc1F. The Morgan fingerprint density at radius 1 is 1.35 bits per heavy atom. The predicted octanol–water partition coefficient (Wildman–Crippen LogP) is 3.41. The maximum Gasteiger partial charge on any atom is 0.143 e. The summed E-state index contributed by atoms with van der Waals surface area (Å²) in [5, 5.41) is 13.8. The molecule has 2 rings (SSSR count). The molecule has 2 nitrogen and oxygen atoms in total. The van der Waals surface area contributed by atoms with Gasteiger partial charge in [0.25, 0.3) is 0 Å². The fourth-order valence-corrected chi connectivity index (χ4v) is 2.21. The van der Waals surface area contributed by atoms with Gasteiger partial charge in [0, 0.05) is 17.1 Å². The highest BCUT2D eigenvalue weighted by atomic mass is 32.1. The molecule has 17 heavy (non-hydrogen) atoms. The standard InChI is InChI=1S/C13H11FN2S/c14-13-8-11(4-3-10(13)9-15)16-6-5-12-2-1-7-17-12/h1-4,7-8,16H,5-6H2. The molecule has 0 saturated heterocycles. The normalized spacial score (nSPS) is 9.88. The molecule has 0 aliphatic heterocycles. The first-order valence-electron chi connectivity index (χ1n) is 5.25. The van der Waals surface area contributed by atoms with Crippen LogP contribution in [0.4, 0.5) is 10.1 Å². The number of hydrogen-bond acceptors (Lipinski definition) is 3. The monoisotopic (exact) mass is 246 g/mol. The third-order valence-corrected chi connectivity index (χ3v) is 3.31. The minimum Gasteiger partial charge on any atom is -0.385 e. The summed E-state index contributed by atoms with van der Waals surface area (Å²) in [4.78, 5) is 1.30. The van der Waals surface area contributed by atoms with Gasteiger partial charge in [-0.25, -0.2) is 4.39 Å². The van der Waals surface area contributed by atoms with Crippen molar-refractivity contribution in [3.63, 3.8) is 0 Å². The Morgan fingerprint density at radius 3 is 2.88 bits per heavy atom. The largest absolute Gasteiger partial charge is 0.385 e. The molecule has 4 heteroatoms. The lowest BCUT2D eigenvalue weighted by Crippen LogP contribution is -2.04. The molecule has 0 spiro atoms. The Bertz CT molecular complexity index is 529. The van der Waals surface area contributed by atoms with Gasteiger partial charge < -0.3 is 5.32 Å².